The van der Waals surface area contributed by atoms with Crippen LogP contribution in [0.4, 0.5) is 26.0 Å². The van der Waals surface area contributed by atoms with Crippen LogP contribution < -0.4 is 9.62 Å². The molecule has 0 aliphatic rings. The number of carbonyl (C=O) groups is 1. The van der Waals surface area contributed by atoms with Crippen molar-refractivity contribution in [2.45, 2.75) is 20.3 Å². The van der Waals surface area contributed by atoms with E-state index in [4.69, 9.17) is 0 Å². The molecule has 1 aromatic carbocycles. The third kappa shape index (κ3) is 4.21. The first-order valence-electron chi connectivity index (χ1n) is 10.4. The van der Waals surface area contributed by atoms with Crippen LogP contribution in [-0.2, 0) is 10.0 Å². The molecule has 0 aliphatic heterocycles. The number of rotatable bonds is 9. The molecule has 3 N–H and O–H groups in total. The summed E-state index contributed by atoms with van der Waals surface area (Å²) < 4.78 is 56.2. The number of aromatic amines is 2. The zero-order valence-electron chi connectivity index (χ0n) is 18.3. The van der Waals surface area contributed by atoms with E-state index in [1.807, 2.05) is 6.92 Å². The van der Waals surface area contributed by atoms with Gasteiger partial charge >= 0.3 is 0 Å². The lowest BCUT2D eigenvalue weighted by molar-refractivity contribution is 0.103. The Bertz CT molecular complexity index is 1450. The number of hydrogen-bond acceptors (Lipinski definition) is 7. The van der Waals surface area contributed by atoms with Crippen molar-refractivity contribution in [3.8, 4) is 0 Å². The molecule has 0 spiro atoms. The Morgan fingerprint density at radius 1 is 1.18 bits per heavy atom. The molecule has 3 aromatic heterocycles. The molecule has 0 amide bonds. The second-order valence-corrected chi connectivity index (χ2v) is 9.20. The zero-order chi connectivity index (χ0) is 24.5. The van der Waals surface area contributed by atoms with Crippen molar-refractivity contribution in [3.05, 3.63) is 59.8 Å². The summed E-state index contributed by atoms with van der Waals surface area (Å²) in [4.78, 5) is 26.4. The van der Waals surface area contributed by atoms with E-state index in [2.05, 4.69) is 29.9 Å². The molecule has 10 nitrogen and oxygen atoms in total. The topological polar surface area (TPSA) is 137 Å². The van der Waals surface area contributed by atoms with Crippen LogP contribution in [0.1, 0.15) is 36.2 Å². The summed E-state index contributed by atoms with van der Waals surface area (Å²) in [5.41, 5.74) is -0.525. The van der Waals surface area contributed by atoms with Crippen molar-refractivity contribution < 1.29 is 22.0 Å². The maximum atomic E-state index is 15.2. The number of ketones is 1. The summed E-state index contributed by atoms with van der Waals surface area (Å²) in [5, 5.41) is 6.88. The molecular weight excluding hydrogens is 468 g/mol. The Balaban J connectivity index is 1.84. The van der Waals surface area contributed by atoms with E-state index in [9.17, 15) is 17.6 Å². The third-order valence-electron chi connectivity index (χ3n) is 5.12. The Morgan fingerprint density at radius 3 is 2.65 bits per heavy atom. The average molecular weight is 490 g/mol. The van der Waals surface area contributed by atoms with Crippen molar-refractivity contribution in [2.75, 3.05) is 21.9 Å². The van der Waals surface area contributed by atoms with E-state index in [0.717, 1.165) is 12.1 Å². The van der Waals surface area contributed by atoms with Gasteiger partial charge in [0.1, 0.15) is 23.6 Å². The van der Waals surface area contributed by atoms with E-state index >= 15 is 4.39 Å². The van der Waals surface area contributed by atoms with Crippen molar-refractivity contribution in [1.29, 1.82) is 0 Å². The quantitative estimate of drug-likeness (QED) is 0.306. The molecule has 4 aromatic rings. The zero-order valence-corrected chi connectivity index (χ0v) is 19.1. The van der Waals surface area contributed by atoms with E-state index in [1.165, 1.54) is 12.5 Å². The van der Waals surface area contributed by atoms with Crippen molar-refractivity contribution in [2.24, 2.45) is 0 Å². The van der Waals surface area contributed by atoms with Gasteiger partial charge in [-0.15, -0.1) is 0 Å². The van der Waals surface area contributed by atoms with Gasteiger partial charge in [0.25, 0.3) is 0 Å². The summed E-state index contributed by atoms with van der Waals surface area (Å²) in [6, 6.07) is 1.78. The first-order chi connectivity index (χ1) is 16.3. The largest absolute Gasteiger partial charge is 0.345 e. The lowest BCUT2D eigenvalue weighted by atomic mass is 10.0. The van der Waals surface area contributed by atoms with Gasteiger partial charge in [-0.05, 0) is 25.5 Å². The van der Waals surface area contributed by atoms with Crippen LogP contribution in [-0.4, -0.2) is 51.6 Å². The van der Waals surface area contributed by atoms with Gasteiger partial charge in [-0.1, -0.05) is 6.92 Å². The second kappa shape index (κ2) is 9.17. The smallest absolute Gasteiger partial charge is 0.232 e. The number of H-pyrrole nitrogens is 2. The number of sulfonamides is 1. The first kappa shape index (κ1) is 23.3. The first-order valence-corrected chi connectivity index (χ1v) is 12.0. The minimum absolute atomic E-state index is 0.0705. The predicted molar refractivity (Wildman–Crippen MR) is 123 cm³/mol. The minimum atomic E-state index is -3.86. The molecule has 0 atom stereocenters. The molecule has 3 heterocycles. The number of benzene rings is 1. The molecule has 0 fully saturated rings. The van der Waals surface area contributed by atoms with Crippen LogP contribution in [0.2, 0.25) is 0 Å². The number of halogens is 2. The highest BCUT2D eigenvalue weighted by Crippen LogP contribution is 2.33. The Morgan fingerprint density at radius 2 is 1.97 bits per heavy atom. The molecule has 0 radical (unpaired) electrons. The van der Waals surface area contributed by atoms with Crippen molar-refractivity contribution in [3.63, 3.8) is 0 Å². The van der Waals surface area contributed by atoms with E-state index in [1.54, 1.807) is 24.2 Å². The fourth-order valence-electron chi connectivity index (χ4n) is 3.64. The normalized spacial score (nSPS) is 11.6. The molecule has 0 bridgehead atoms. The van der Waals surface area contributed by atoms with Crippen LogP contribution in [0.3, 0.4) is 0 Å². The molecule has 0 saturated carbocycles. The predicted octanol–water partition coefficient (Wildman–Crippen LogP) is 3.50. The van der Waals surface area contributed by atoms with Gasteiger partial charge in [0.15, 0.2) is 5.82 Å². The SMILES string of the molecule is CCCS(=O)(=O)Nc1ccc(F)c(C(=O)c2c[nH]c3ncnc(N(CC)c4cn[nH]c4)c23)c1F. The van der Waals surface area contributed by atoms with Crippen LogP contribution >= 0.6 is 0 Å². The summed E-state index contributed by atoms with van der Waals surface area (Å²) in [5.74, 6) is -3.34. The summed E-state index contributed by atoms with van der Waals surface area (Å²) in [6.07, 6.45) is 6.09. The number of nitrogens with zero attached hydrogens (tertiary/aromatic N) is 4. The van der Waals surface area contributed by atoms with Crippen molar-refractivity contribution >= 4 is 44.0 Å². The van der Waals surface area contributed by atoms with Crippen molar-refractivity contribution in [1.82, 2.24) is 25.1 Å². The number of anilines is 3. The van der Waals surface area contributed by atoms with Gasteiger partial charge < -0.3 is 9.88 Å². The highest BCUT2D eigenvalue weighted by molar-refractivity contribution is 7.92. The molecule has 178 valence electrons. The lowest BCUT2D eigenvalue weighted by Crippen LogP contribution is -2.19. The number of aromatic nitrogens is 5. The van der Waals surface area contributed by atoms with Gasteiger partial charge in [-0.25, -0.2) is 27.2 Å². The van der Waals surface area contributed by atoms with Gasteiger partial charge in [-0.2, -0.15) is 5.10 Å². The van der Waals surface area contributed by atoms with Gasteiger partial charge in [0, 0.05) is 18.9 Å². The monoisotopic (exact) mass is 489 g/mol. The maximum absolute atomic E-state index is 15.2. The number of nitrogens with one attached hydrogen (secondary N) is 3. The molecule has 13 heteroatoms. The third-order valence-corrected chi connectivity index (χ3v) is 6.59. The van der Waals surface area contributed by atoms with E-state index < -0.39 is 38.7 Å². The Kier molecular flexibility index (Phi) is 6.28. The molecule has 4 rings (SSSR count). The maximum Gasteiger partial charge on any atom is 0.232 e. The molecular formula is C21H21F2N7O3S. The lowest BCUT2D eigenvalue weighted by Gasteiger charge is -2.21. The van der Waals surface area contributed by atoms with E-state index in [-0.39, 0.29) is 22.3 Å². The second-order valence-electron chi connectivity index (χ2n) is 7.36. The average Bonchev–Trinajstić information content (AvgIpc) is 3.47. The summed E-state index contributed by atoms with van der Waals surface area (Å²) >= 11 is 0. The number of hydrogen-bond donors (Lipinski definition) is 3. The van der Waals surface area contributed by atoms with Crippen LogP contribution in [0.15, 0.2) is 37.1 Å². The molecule has 0 saturated heterocycles. The highest BCUT2D eigenvalue weighted by atomic mass is 32.2. The van der Waals surface area contributed by atoms with Gasteiger partial charge in [-0.3, -0.25) is 14.6 Å². The van der Waals surface area contributed by atoms with Crippen LogP contribution in [0.5, 0.6) is 0 Å². The molecule has 34 heavy (non-hydrogen) atoms. The molecule has 0 unspecified atom stereocenters. The van der Waals surface area contributed by atoms with Crippen LogP contribution in [0.25, 0.3) is 11.0 Å². The number of carbonyl (C=O) groups excluding carboxylic acids is 1. The van der Waals surface area contributed by atoms with Gasteiger partial charge in [0.05, 0.1) is 39.8 Å². The van der Waals surface area contributed by atoms with E-state index in [0.29, 0.717) is 24.5 Å². The highest BCUT2D eigenvalue weighted by Gasteiger charge is 2.28. The minimum Gasteiger partial charge on any atom is -0.345 e. The standard InChI is InChI=1S/C21H21F2N7O3S/c1-3-7-34(32,33)29-15-6-5-14(22)17(18(15)23)19(31)13-10-24-20-16(13)21(26-11-25-20)30(4-2)12-8-27-28-9-12/h5-6,8-11,29H,3-4,7H2,1-2H3,(H,27,28)(H,24,25,26). The summed E-state index contributed by atoms with van der Waals surface area (Å²) in [7, 11) is -3.86. The Hall–Kier alpha value is -3.87. The number of fused-ring (bicyclic) bond motifs is 1. The molecule has 0 aliphatic carbocycles. The fourth-order valence-corrected chi connectivity index (χ4v) is 4.77. The Labute approximate surface area is 193 Å². The summed E-state index contributed by atoms with van der Waals surface area (Å²) in [6.45, 7) is 3.96. The van der Waals surface area contributed by atoms with Crippen LogP contribution in [0, 0.1) is 11.6 Å². The van der Waals surface area contributed by atoms with Gasteiger partial charge in [0.2, 0.25) is 15.8 Å². The fraction of sp³-hybridized carbons (Fsp3) is 0.238.